The molecule has 2 aromatic rings. The highest BCUT2D eigenvalue weighted by Gasteiger charge is 2.57. The second kappa shape index (κ2) is 7.81. The Labute approximate surface area is 182 Å². The fraction of sp³-hybridized carbons (Fsp3) is 0.526. The van der Waals surface area contributed by atoms with Crippen LogP contribution in [0.3, 0.4) is 0 Å². The molecule has 7 nitrogen and oxygen atoms in total. The van der Waals surface area contributed by atoms with Crippen LogP contribution in [-0.2, 0) is 6.42 Å². The summed E-state index contributed by atoms with van der Waals surface area (Å²) in [5.74, 6) is -0.493. The van der Waals surface area contributed by atoms with Gasteiger partial charge in [-0.2, -0.15) is 0 Å². The van der Waals surface area contributed by atoms with E-state index in [1.54, 1.807) is 6.92 Å². The van der Waals surface area contributed by atoms with E-state index in [4.69, 9.17) is 23.2 Å². The molecule has 4 rings (SSSR count). The summed E-state index contributed by atoms with van der Waals surface area (Å²) in [5, 5.41) is 13.9. The quantitative estimate of drug-likeness (QED) is 0.584. The molecule has 29 heavy (non-hydrogen) atoms. The topological polar surface area (TPSA) is 98.3 Å². The van der Waals surface area contributed by atoms with Crippen molar-refractivity contribution < 1.29 is 14.7 Å². The van der Waals surface area contributed by atoms with E-state index in [0.29, 0.717) is 45.2 Å². The maximum Gasteiger partial charge on any atom is 0.347 e. The molecule has 156 valence electrons. The van der Waals surface area contributed by atoms with E-state index >= 15 is 0 Å². The Bertz CT molecular complexity index is 961. The van der Waals surface area contributed by atoms with Gasteiger partial charge in [0.2, 0.25) is 0 Å². The minimum atomic E-state index is -0.911. The van der Waals surface area contributed by atoms with Gasteiger partial charge in [0.25, 0.3) is 5.91 Å². The number of aromatic amines is 1. The normalized spacial score (nSPS) is 22.6. The van der Waals surface area contributed by atoms with E-state index in [-0.39, 0.29) is 17.0 Å². The van der Waals surface area contributed by atoms with Gasteiger partial charge in [0.15, 0.2) is 5.13 Å². The first kappa shape index (κ1) is 20.5. The maximum absolute atomic E-state index is 12.5. The number of thiazole rings is 1. The molecular weight excluding hydrogens is 435 g/mol. The van der Waals surface area contributed by atoms with Crippen LogP contribution in [0.2, 0.25) is 10.0 Å². The van der Waals surface area contributed by atoms with Crippen LogP contribution in [0.25, 0.3) is 0 Å². The smallest absolute Gasteiger partial charge is 0.347 e. The number of hydrogen-bond acceptors (Lipinski definition) is 5. The van der Waals surface area contributed by atoms with Crippen LogP contribution in [0.1, 0.15) is 51.3 Å². The lowest BCUT2D eigenvalue weighted by molar-refractivity contribution is 0.0700. The van der Waals surface area contributed by atoms with Crippen LogP contribution < -0.4 is 10.2 Å². The molecule has 1 aliphatic heterocycles. The summed E-state index contributed by atoms with van der Waals surface area (Å²) in [5.41, 5.74) is 1.64. The Morgan fingerprint density at radius 3 is 2.55 bits per heavy atom. The van der Waals surface area contributed by atoms with Gasteiger partial charge in [-0.15, -0.1) is 0 Å². The number of carboxylic acid groups (broad SMARTS) is 1. The summed E-state index contributed by atoms with van der Waals surface area (Å²) in [6.07, 6.45) is 2.61. The van der Waals surface area contributed by atoms with Gasteiger partial charge in [-0.3, -0.25) is 4.79 Å². The van der Waals surface area contributed by atoms with Crippen molar-refractivity contribution in [2.45, 2.75) is 39.2 Å². The molecule has 2 fully saturated rings. The minimum Gasteiger partial charge on any atom is -0.477 e. The number of amides is 1. The summed E-state index contributed by atoms with van der Waals surface area (Å²) in [6.45, 7) is 5.36. The molecular formula is C19H22Cl2N4O3S. The van der Waals surface area contributed by atoms with E-state index in [0.717, 1.165) is 31.1 Å². The average molecular weight is 457 g/mol. The standard InChI is InChI=1S/C19H22Cl2N4O3S/c1-3-4-5-11-16(18(27)28)29-19(23-11)25-6-9-10(7-25)14(9)24-17(26)15-13(21)12(20)8(2)22-15/h9-10,14,22H,3-7H2,1-2H3,(H,24,26)(H,27,28)/t9-,10+,14?. The first-order valence-corrected chi connectivity index (χ1v) is 11.2. The second-order valence-corrected chi connectivity index (χ2v) is 9.40. The summed E-state index contributed by atoms with van der Waals surface area (Å²) >= 11 is 13.4. The van der Waals surface area contributed by atoms with E-state index < -0.39 is 5.97 Å². The monoisotopic (exact) mass is 456 g/mol. The number of aromatic nitrogens is 2. The van der Waals surface area contributed by atoms with Gasteiger partial charge in [0, 0.05) is 36.7 Å². The predicted molar refractivity (Wildman–Crippen MR) is 114 cm³/mol. The highest BCUT2D eigenvalue weighted by molar-refractivity contribution is 7.17. The third-order valence-electron chi connectivity index (χ3n) is 5.69. The number of hydrogen-bond donors (Lipinski definition) is 3. The van der Waals surface area contributed by atoms with Crippen molar-refractivity contribution in [3.05, 3.63) is 32.0 Å². The number of unbranched alkanes of at least 4 members (excludes halogenated alkanes) is 1. The number of rotatable bonds is 7. The van der Waals surface area contributed by atoms with Gasteiger partial charge in [-0.05, 0) is 19.8 Å². The molecule has 1 saturated carbocycles. The van der Waals surface area contributed by atoms with Gasteiger partial charge in [-0.1, -0.05) is 47.9 Å². The van der Waals surface area contributed by atoms with Crippen molar-refractivity contribution in [3.63, 3.8) is 0 Å². The number of anilines is 1. The second-order valence-electron chi connectivity index (χ2n) is 7.67. The number of H-pyrrole nitrogens is 1. The molecule has 0 aromatic carbocycles. The Morgan fingerprint density at radius 1 is 1.31 bits per heavy atom. The molecule has 0 radical (unpaired) electrons. The SMILES string of the molecule is CCCCc1nc(N2C[C@@H]3C(NC(=O)c4[nH]c(C)c(Cl)c4Cl)[C@@H]3C2)sc1C(=O)O. The number of piperidine rings is 1. The van der Waals surface area contributed by atoms with Crippen LogP contribution >= 0.6 is 34.5 Å². The molecule has 2 aliphatic rings. The highest BCUT2D eigenvalue weighted by atomic mass is 35.5. The molecule has 3 heterocycles. The van der Waals surface area contributed by atoms with E-state index in [9.17, 15) is 14.7 Å². The molecule has 1 unspecified atom stereocenters. The third kappa shape index (κ3) is 3.73. The summed E-state index contributed by atoms with van der Waals surface area (Å²) < 4.78 is 0. The number of carbonyl (C=O) groups excluding carboxylic acids is 1. The summed E-state index contributed by atoms with van der Waals surface area (Å²) in [4.78, 5) is 34.0. The Balaban J connectivity index is 1.38. The van der Waals surface area contributed by atoms with Crippen molar-refractivity contribution in [3.8, 4) is 0 Å². The number of fused-ring (bicyclic) bond motifs is 1. The first-order valence-electron chi connectivity index (χ1n) is 9.64. The number of nitrogens with zero attached hydrogens (tertiary/aromatic N) is 2. The van der Waals surface area contributed by atoms with Crippen LogP contribution in [0.15, 0.2) is 0 Å². The Hall–Kier alpha value is -1.77. The van der Waals surface area contributed by atoms with Crippen molar-refractivity contribution in [1.29, 1.82) is 0 Å². The highest BCUT2D eigenvalue weighted by Crippen LogP contribution is 2.48. The van der Waals surface area contributed by atoms with Gasteiger partial charge in [0.1, 0.15) is 10.6 Å². The Morgan fingerprint density at radius 2 is 2.00 bits per heavy atom. The zero-order chi connectivity index (χ0) is 20.9. The fourth-order valence-corrected chi connectivity index (χ4v) is 5.39. The maximum atomic E-state index is 12.5. The lowest BCUT2D eigenvalue weighted by Gasteiger charge is -2.19. The van der Waals surface area contributed by atoms with Crippen molar-refractivity contribution >= 4 is 51.5 Å². The van der Waals surface area contributed by atoms with E-state index in [1.807, 2.05) is 0 Å². The lowest BCUT2D eigenvalue weighted by Crippen LogP contribution is -2.34. The number of aromatic carboxylic acids is 1. The molecule has 1 amide bonds. The number of carbonyl (C=O) groups is 2. The zero-order valence-electron chi connectivity index (χ0n) is 16.1. The van der Waals surface area contributed by atoms with Crippen molar-refractivity contribution in [2.75, 3.05) is 18.0 Å². The summed E-state index contributed by atoms with van der Waals surface area (Å²) in [6, 6.07) is 0.0932. The Kier molecular flexibility index (Phi) is 5.52. The average Bonchev–Trinajstić information content (AvgIpc) is 3.07. The van der Waals surface area contributed by atoms with Gasteiger partial charge in [0.05, 0.1) is 15.7 Å². The lowest BCUT2D eigenvalue weighted by atomic mass is 10.2. The van der Waals surface area contributed by atoms with Crippen LogP contribution in [0, 0.1) is 18.8 Å². The molecule has 1 aliphatic carbocycles. The molecule has 0 bridgehead atoms. The molecule has 1 saturated heterocycles. The molecule has 0 spiro atoms. The molecule has 3 N–H and O–H groups in total. The predicted octanol–water partition coefficient (Wildman–Crippen LogP) is 3.99. The molecule has 10 heteroatoms. The first-order chi connectivity index (χ1) is 13.8. The van der Waals surface area contributed by atoms with Crippen molar-refractivity contribution in [2.24, 2.45) is 11.8 Å². The van der Waals surface area contributed by atoms with Crippen LogP contribution in [0.5, 0.6) is 0 Å². The largest absolute Gasteiger partial charge is 0.477 e. The van der Waals surface area contributed by atoms with Gasteiger partial charge in [-0.25, -0.2) is 9.78 Å². The van der Waals surface area contributed by atoms with Gasteiger partial charge >= 0.3 is 5.97 Å². The number of carboxylic acids is 1. The van der Waals surface area contributed by atoms with Crippen molar-refractivity contribution in [1.82, 2.24) is 15.3 Å². The van der Waals surface area contributed by atoms with E-state index in [2.05, 4.69) is 27.1 Å². The zero-order valence-corrected chi connectivity index (χ0v) is 18.4. The molecule has 3 atom stereocenters. The minimum absolute atomic E-state index is 0.0932. The fourth-order valence-electron chi connectivity index (χ4n) is 4.00. The van der Waals surface area contributed by atoms with Crippen LogP contribution in [-0.4, -0.2) is 46.1 Å². The third-order valence-corrected chi connectivity index (χ3v) is 7.78. The van der Waals surface area contributed by atoms with Gasteiger partial charge < -0.3 is 20.3 Å². The van der Waals surface area contributed by atoms with E-state index in [1.165, 1.54) is 11.3 Å². The molecule has 2 aromatic heterocycles. The number of halogens is 2. The summed E-state index contributed by atoms with van der Waals surface area (Å²) in [7, 11) is 0. The number of aryl methyl sites for hydroxylation is 2. The van der Waals surface area contributed by atoms with Crippen LogP contribution in [0.4, 0.5) is 5.13 Å². The number of nitrogens with one attached hydrogen (secondary N) is 2.